The topological polar surface area (TPSA) is 87.8 Å². The summed E-state index contributed by atoms with van der Waals surface area (Å²) in [6.45, 7) is 1.31. The Hall–Kier alpha value is -2.12. The number of aliphatic carboxylic acids is 1. The summed E-state index contributed by atoms with van der Waals surface area (Å²) in [6.07, 6.45) is 0.996. The highest BCUT2D eigenvalue weighted by atomic mass is 32.2. The van der Waals surface area contributed by atoms with E-state index in [1.54, 1.807) is 12.1 Å². The molecule has 22 heavy (non-hydrogen) atoms. The van der Waals surface area contributed by atoms with E-state index in [9.17, 15) is 13.2 Å². The summed E-state index contributed by atoms with van der Waals surface area (Å²) in [5.74, 6) is 0.353. The van der Waals surface area contributed by atoms with E-state index < -0.39 is 22.5 Å². The standard InChI is InChI=1S/C15H17NO5S/c1-11-3-8-14(21-11)13-6-4-12(5-7-13)9-16(10-15(17)18)22(2,19)20/h3-8H,9-10H2,1-2H3,(H,17,18). The fraction of sp³-hybridized carbons (Fsp3) is 0.267. The molecule has 0 saturated carbocycles. The quantitative estimate of drug-likeness (QED) is 0.879. The maximum Gasteiger partial charge on any atom is 0.318 e. The van der Waals surface area contributed by atoms with Crippen LogP contribution in [0, 0.1) is 6.92 Å². The lowest BCUT2D eigenvalue weighted by molar-refractivity contribution is -0.137. The van der Waals surface area contributed by atoms with E-state index in [-0.39, 0.29) is 6.54 Å². The first kappa shape index (κ1) is 16.3. The molecule has 0 aliphatic rings. The van der Waals surface area contributed by atoms with Crippen LogP contribution in [0.15, 0.2) is 40.8 Å². The molecule has 7 heteroatoms. The van der Waals surface area contributed by atoms with Crippen LogP contribution in [0.4, 0.5) is 0 Å². The molecule has 0 aliphatic heterocycles. The molecular formula is C15H17NO5S. The van der Waals surface area contributed by atoms with Gasteiger partial charge >= 0.3 is 5.97 Å². The SMILES string of the molecule is Cc1ccc(-c2ccc(CN(CC(=O)O)S(C)(=O)=O)cc2)o1. The fourth-order valence-corrected chi connectivity index (χ4v) is 2.74. The minimum atomic E-state index is -3.58. The molecule has 6 nitrogen and oxygen atoms in total. The van der Waals surface area contributed by atoms with Gasteiger partial charge in [-0.1, -0.05) is 24.3 Å². The van der Waals surface area contributed by atoms with E-state index >= 15 is 0 Å². The summed E-state index contributed by atoms with van der Waals surface area (Å²) < 4.78 is 29.7. The van der Waals surface area contributed by atoms with Crippen LogP contribution in [0.2, 0.25) is 0 Å². The van der Waals surface area contributed by atoms with Crippen LogP contribution in [0.5, 0.6) is 0 Å². The number of hydrogen-bond donors (Lipinski definition) is 1. The molecule has 2 rings (SSSR count). The summed E-state index contributed by atoms with van der Waals surface area (Å²) in [5, 5.41) is 8.80. The van der Waals surface area contributed by atoms with E-state index in [0.29, 0.717) is 5.56 Å². The Morgan fingerprint density at radius 1 is 1.18 bits per heavy atom. The number of furan rings is 1. The number of carboxylic acids is 1. The predicted octanol–water partition coefficient (Wildman–Crippen LogP) is 2.10. The molecule has 1 aromatic carbocycles. The third kappa shape index (κ3) is 4.19. The molecule has 2 aromatic rings. The molecule has 1 heterocycles. The molecule has 0 radical (unpaired) electrons. The lowest BCUT2D eigenvalue weighted by Crippen LogP contribution is -2.34. The highest BCUT2D eigenvalue weighted by Gasteiger charge is 2.20. The number of nitrogens with zero attached hydrogens (tertiary/aromatic N) is 1. The van der Waals surface area contributed by atoms with Gasteiger partial charge in [-0.3, -0.25) is 4.79 Å². The van der Waals surface area contributed by atoms with Gasteiger partial charge in [0.05, 0.1) is 6.26 Å². The Labute approximate surface area is 129 Å². The van der Waals surface area contributed by atoms with Gasteiger partial charge in [0.25, 0.3) is 0 Å². The van der Waals surface area contributed by atoms with E-state index in [4.69, 9.17) is 9.52 Å². The Kier molecular flexibility index (Phi) is 4.68. The molecule has 0 saturated heterocycles. The van der Waals surface area contributed by atoms with Crippen LogP contribution < -0.4 is 0 Å². The summed E-state index contributed by atoms with van der Waals surface area (Å²) in [6, 6.07) is 10.9. The molecule has 0 amide bonds. The van der Waals surface area contributed by atoms with Crippen molar-refractivity contribution in [2.45, 2.75) is 13.5 Å². The van der Waals surface area contributed by atoms with E-state index in [1.807, 2.05) is 31.2 Å². The Balaban J connectivity index is 2.17. The zero-order valence-electron chi connectivity index (χ0n) is 12.3. The highest BCUT2D eigenvalue weighted by Crippen LogP contribution is 2.22. The summed E-state index contributed by atoms with van der Waals surface area (Å²) in [4.78, 5) is 10.8. The van der Waals surface area contributed by atoms with Gasteiger partial charge in [0.2, 0.25) is 10.0 Å². The van der Waals surface area contributed by atoms with Crippen LogP contribution >= 0.6 is 0 Å². The van der Waals surface area contributed by atoms with Crippen molar-refractivity contribution in [3.8, 4) is 11.3 Å². The highest BCUT2D eigenvalue weighted by molar-refractivity contribution is 7.88. The van der Waals surface area contributed by atoms with Crippen LogP contribution in [0.3, 0.4) is 0 Å². The van der Waals surface area contributed by atoms with Crippen LogP contribution in [0.25, 0.3) is 11.3 Å². The molecule has 0 fully saturated rings. The Morgan fingerprint density at radius 2 is 1.82 bits per heavy atom. The monoisotopic (exact) mass is 323 g/mol. The normalized spacial score (nSPS) is 11.8. The zero-order valence-corrected chi connectivity index (χ0v) is 13.1. The molecule has 0 aliphatic carbocycles. The van der Waals surface area contributed by atoms with Gasteiger partial charge < -0.3 is 9.52 Å². The lowest BCUT2D eigenvalue weighted by atomic mass is 10.1. The summed E-state index contributed by atoms with van der Waals surface area (Å²) in [5.41, 5.74) is 1.58. The van der Waals surface area contributed by atoms with Crippen molar-refractivity contribution in [2.75, 3.05) is 12.8 Å². The minimum absolute atomic E-state index is 0.0165. The van der Waals surface area contributed by atoms with Gasteiger partial charge in [0.1, 0.15) is 18.1 Å². The Bertz CT molecular complexity index is 761. The van der Waals surface area contributed by atoms with Crippen molar-refractivity contribution in [2.24, 2.45) is 0 Å². The predicted molar refractivity (Wildman–Crippen MR) is 81.8 cm³/mol. The third-order valence-corrected chi connectivity index (χ3v) is 4.31. The molecule has 118 valence electrons. The second kappa shape index (κ2) is 6.33. The minimum Gasteiger partial charge on any atom is -0.480 e. The molecule has 0 atom stereocenters. The number of carbonyl (C=O) groups is 1. The third-order valence-electron chi connectivity index (χ3n) is 3.12. The molecular weight excluding hydrogens is 306 g/mol. The molecule has 1 N–H and O–H groups in total. The van der Waals surface area contributed by atoms with Crippen molar-refractivity contribution in [3.05, 3.63) is 47.7 Å². The first-order chi connectivity index (χ1) is 10.3. The van der Waals surface area contributed by atoms with Crippen molar-refractivity contribution in [1.82, 2.24) is 4.31 Å². The van der Waals surface area contributed by atoms with Gasteiger partial charge in [-0.15, -0.1) is 0 Å². The van der Waals surface area contributed by atoms with Gasteiger partial charge in [0.15, 0.2) is 0 Å². The number of sulfonamides is 1. The van der Waals surface area contributed by atoms with Crippen molar-refractivity contribution in [3.63, 3.8) is 0 Å². The number of benzene rings is 1. The average Bonchev–Trinajstić information content (AvgIpc) is 2.84. The summed E-state index contributed by atoms with van der Waals surface area (Å²) >= 11 is 0. The van der Waals surface area contributed by atoms with Crippen molar-refractivity contribution < 1.29 is 22.7 Å². The molecule has 0 unspecified atom stereocenters. The zero-order chi connectivity index (χ0) is 16.3. The molecule has 1 aromatic heterocycles. The van der Waals surface area contributed by atoms with E-state index in [1.165, 1.54) is 0 Å². The largest absolute Gasteiger partial charge is 0.480 e. The second-order valence-corrected chi connectivity index (χ2v) is 7.01. The molecule has 0 spiro atoms. The van der Waals surface area contributed by atoms with Crippen molar-refractivity contribution in [1.29, 1.82) is 0 Å². The first-order valence-electron chi connectivity index (χ1n) is 6.58. The maximum absolute atomic E-state index is 11.6. The number of aryl methyl sites for hydroxylation is 1. The lowest BCUT2D eigenvalue weighted by Gasteiger charge is -2.17. The van der Waals surface area contributed by atoms with Crippen LogP contribution in [-0.4, -0.2) is 36.6 Å². The van der Waals surface area contributed by atoms with Gasteiger partial charge in [-0.2, -0.15) is 4.31 Å². The maximum atomic E-state index is 11.6. The average molecular weight is 323 g/mol. The van der Waals surface area contributed by atoms with Gasteiger partial charge in [0, 0.05) is 12.1 Å². The fourth-order valence-electron chi connectivity index (χ4n) is 2.01. The first-order valence-corrected chi connectivity index (χ1v) is 8.43. The van der Waals surface area contributed by atoms with E-state index in [0.717, 1.165) is 27.6 Å². The van der Waals surface area contributed by atoms with Crippen LogP contribution in [-0.2, 0) is 21.4 Å². The van der Waals surface area contributed by atoms with Gasteiger partial charge in [-0.25, -0.2) is 8.42 Å². The second-order valence-electron chi connectivity index (χ2n) is 5.03. The van der Waals surface area contributed by atoms with Gasteiger partial charge in [-0.05, 0) is 24.6 Å². The number of hydrogen-bond acceptors (Lipinski definition) is 4. The van der Waals surface area contributed by atoms with Crippen LogP contribution in [0.1, 0.15) is 11.3 Å². The smallest absolute Gasteiger partial charge is 0.318 e. The number of carboxylic acid groups (broad SMARTS) is 1. The number of rotatable bonds is 6. The van der Waals surface area contributed by atoms with Crippen molar-refractivity contribution >= 4 is 16.0 Å². The molecule has 0 bridgehead atoms. The summed E-state index contributed by atoms with van der Waals surface area (Å²) in [7, 11) is -3.58. The van der Waals surface area contributed by atoms with E-state index in [2.05, 4.69) is 0 Å². The Morgan fingerprint density at radius 3 is 2.27 bits per heavy atom.